The van der Waals surface area contributed by atoms with Crippen molar-refractivity contribution < 1.29 is 27.4 Å². The van der Waals surface area contributed by atoms with Crippen LogP contribution in [0.15, 0.2) is 18.2 Å². The van der Waals surface area contributed by atoms with Crippen molar-refractivity contribution in [1.29, 1.82) is 0 Å². The SMILES string of the molecule is COC(CNC(=O)C(C)Nc1ccc(C(F)(F)F)c(Cl)c1)OC. The second kappa shape index (κ2) is 8.37. The largest absolute Gasteiger partial charge is 0.417 e. The van der Waals surface area contributed by atoms with Gasteiger partial charge in [-0.25, -0.2) is 0 Å². The van der Waals surface area contributed by atoms with Gasteiger partial charge in [0.2, 0.25) is 5.91 Å². The van der Waals surface area contributed by atoms with E-state index in [1.807, 2.05) is 0 Å². The Balaban J connectivity index is 2.65. The van der Waals surface area contributed by atoms with Crippen molar-refractivity contribution in [2.24, 2.45) is 0 Å². The Morgan fingerprint density at radius 2 is 1.91 bits per heavy atom. The maximum Gasteiger partial charge on any atom is 0.417 e. The van der Waals surface area contributed by atoms with Crippen LogP contribution in [0.5, 0.6) is 0 Å². The molecular formula is C14H18ClF3N2O3. The Bertz CT molecular complexity index is 536. The summed E-state index contributed by atoms with van der Waals surface area (Å²) in [7, 11) is 2.87. The summed E-state index contributed by atoms with van der Waals surface area (Å²) < 4.78 is 47.7. The van der Waals surface area contributed by atoms with Gasteiger partial charge in [0.15, 0.2) is 6.29 Å². The fraction of sp³-hybridized carbons (Fsp3) is 0.500. The number of rotatable bonds is 7. The predicted molar refractivity (Wildman–Crippen MR) is 80.4 cm³/mol. The molecule has 0 aliphatic carbocycles. The third-order valence-electron chi connectivity index (χ3n) is 3.02. The smallest absolute Gasteiger partial charge is 0.374 e. The van der Waals surface area contributed by atoms with Gasteiger partial charge in [-0.2, -0.15) is 13.2 Å². The van der Waals surface area contributed by atoms with Crippen LogP contribution in [0.3, 0.4) is 0 Å². The van der Waals surface area contributed by atoms with E-state index >= 15 is 0 Å². The van der Waals surface area contributed by atoms with E-state index in [0.717, 1.165) is 12.1 Å². The van der Waals surface area contributed by atoms with Crippen LogP contribution in [-0.2, 0) is 20.4 Å². The van der Waals surface area contributed by atoms with E-state index in [1.165, 1.54) is 20.3 Å². The standard InChI is InChI=1S/C14H18ClF3N2O3/c1-8(13(21)19-7-12(22-2)23-3)20-9-4-5-10(11(15)6-9)14(16,17)18/h4-6,8,12,20H,7H2,1-3H3,(H,19,21). The molecule has 0 aromatic heterocycles. The summed E-state index contributed by atoms with van der Waals surface area (Å²) in [5, 5.41) is 4.93. The van der Waals surface area contributed by atoms with Gasteiger partial charge in [0.05, 0.1) is 17.1 Å². The molecule has 0 heterocycles. The van der Waals surface area contributed by atoms with Gasteiger partial charge in [0, 0.05) is 19.9 Å². The molecule has 1 amide bonds. The molecule has 1 unspecified atom stereocenters. The molecule has 23 heavy (non-hydrogen) atoms. The van der Waals surface area contributed by atoms with Crippen molar-refractivity contribution in [3.63, 3.8) is 0 Å². The van der Waals surface area contributed by atoms with E-state index in [0.29, 0.717) is 5.69 Å². The van der Waals surface area contributed by atoms with E-state index in [1.54, 1.807) is 6.92 Å². The molecule has 1 rings (SSSR count). The van der Waals surface area contributed by atoms with Gasteiger partial charge in [0.1, 0.15) is 6.04 Å². The number of halogens is 4. The topological polar surface area (TPSA) is 59.6 Å². The Hall–Kier alpha value is -1.51. The lowest BCUT2D eigenvalue weighted by atomic mass is 10.2. The zero-order chi connectivity index (χ0) is 17.6. The molecule has 1 atom stereocenters. The molecule has 1 aromatic carbocycles. The van der Waals surface area contributed by atoms with Crippen molar-refractivity contribution in [1.82, 2.24) is 5.32 Å². The minimum absolute atomic E-state index is 0.144. The summed E-state index contributed by atoms with van der Waals surface area (Å²) in [6.45, 7) is 1.71. The highest BCUT2D eigenvalue weighted by molar-refractivity contribution is 6.31. The van der Waals surface area contributed by atoms with Crippen molar-refractivity contribution >= 4 is 23.2 Å². The first kappa shape index (κ1) is 19.5. The number of nitrogens with one attached hydrogen (secondary N) is 2. The zero-order valence-corrected chi connectivity index (χ0v) is 13.6. The number of methoxy groups -OCH3 is 2. The normalized spacial score (nSPS) is 13.0. The lowest BCUT2D eigenvalue weighted by Crippen LogP contribution is -2.42. The molecule has 0 spiro atoms. The minimum Gasteiger partial charge on any atom is -0.374 e. The highest BCUT2D eigenvalue weighted by atomic mass is 35.5. The average Bonchev–Trinajstić information content (AvgIpc) is 2.46. The molecule has 0 fully saturated rings. The Morgan fingerprint density at radius 3 is 2.39 bits per heavy atom. The zero-order valence-electron chi connectivity index (χ0n) is 12.8. The maximum atomic E-state index is 12.6. The molecule has 0 saturated carbocycles. The fourth-order valence-corrected chi connectivity index (χ4v) is 2.04. The molecule has 1 aromatic rings. The molecule has 2 N–H and O–H groups in total. The molecular weight excluding hydrogens is 337 g/mol. The second-order valence-electron chi connectivity index (χ2n) is 4.70. The highest BCUT2D eigenvalue weighted by Crippen LogP contribution is 2.35. The molecule has 0 saturated heterocycles. The highest BCUT2D eigenvalue weighted by Gasteiger charge is 2.33. The van der Waals surface area contributed by atoms with Crippen molar-refractivity contribution in [2.75, 3.05) is 26.1 Å². The van der Waals surface area contributed by atoms with E-state index in [9.17, 15) is 18.0 Å². The van der Waals surface area contributed by atoms with Crippen LogP contribution >= 0.6 is 11.6 Å². The number of hydrogen-bond acceptors (Lipinski definition) is 4. The quantitative estimate of drug-likeness (QED) is 0.739. The molecule has 0 bridgehead atoms. The number of alkyl halides is 3. The number of amides is 1. The first-order valence-corrected chi connectivity index (χ1v) is 7.03. The summed E-state index contributed by atoms with van der Waals surface area (Å²) in [6, 6.07) is 2.52. The lowest BCUT2D eigenvalue weighted by Gasteiger charge is -2.19. The number of carbonyl (C=O) groups excluding carboxylic acids is 1. The lowest BCUT2D eigenvalue weighted by molar-refractivity contribution is -0.137. The summed E-state index contributed by atoms with van der Waals surface area (Å²) in [4.78, 5) is 11.9. The fourth-order valence-electron chi connectivity index (χ4n) is 1.75. The molecule has 0 aliphatic heterocycles. The number of carbonyl (C=O) groups is 1. The summed E-state index contributed by atoms with van der Waals surface area (Å²) in [5.74, 6) is -0.361. The van der Waals surface area contributed by atoms with Crippen LogP contribution in [-0.4, -0.2) is 39.0 Å². The minimum atomic E-state index is -4.52. The van der Waals surface area contributed by atoms with Gasteiger partial charge in [-0.15, -0.1) is 0 Å². The van der Waals surface area contributed by atoms with E-state index in [-0.39, 0.29) is 12.5 Å². The average molecular weight is 355 g/mol. The summed E-state index contributed by atoms with van der Waals surface area (Å²) >= 11 is 5.62. The van der Waals surface area contributed by atoms with Crippen molar-refractivity contribution in [3.8, 4) is 0 Å². The predicted octanol–water partition coefficient (Wildman–Crippen LogP) is 2.89. The molecule has 5 nitrogen and oxygen atoms in total. The van der Waals surface area contributed by atoms with Gasteiger partial charge in [-0.05, 0) is 25.1 Å². The van der Waals surface area contributed by atoms with Crippen molar-refractivity contribution in [2.45, 2.75) is 25.4 Å². The van der Waals surface area contributed by atoms with Crippen LogP contribution in [0.4, 0.5) is 18.9 Å². The van der Waals surface area contributed by atoms with Crippen LogP contribution in [0.1, 0.15) is 12.5 Å². The monoisotopic (exact) mass is 354 g/mol. The second-order valence-corrected chi connectivity index (χ2v) is 5.11. The van der Waals surface area contributed by atoms with Gasteiger partial charge >= 0.3 is 6.18 Å². The summed E-state index contributed by atoms with van der Waals surface area (Å²) in [6.07, 6.45) is -5.10. The van der Waals surface area contributed by atoms with Crippen LogP contribution in [0, 0.1) is 0 Å². The number of benzene rings is 1. The summed E-state index contributed by atoms with van der Waals surface area (Å²) in [5.41, 5.74) is -0.620. The van der Waals surface area contributed by atoms with Gasteiger partial charge in [-0.3, -0.25) is 4.79 Å². The third-order valence-corrected chi connectivity index (χ3v) is 3.33. The van der Waals surface area contributed by atoms with Gasteiger partial charge in [-0.1, -0.05) is 11.6 Å². The number of hydrogen-bond donors (Lipinski definition) is 2. The number of anilines is 1. The van der Waals surface area contributed by atoms with Crippen molar-refractivity contribution in [3.05, 3.63) is 28.8 Å². The Kier molecular flexibility index (Phi) is 7.11. The first-order chi connectivity index (χ1) is 10.7. The van der Waals surface area contributed by atoms with E-state index < -0.39 is 29.1 Å². The molecule has 9 heteroatoms. The van der Waals surface area contributed by atoms with Crippen LogP contribution in [0.25, 0.3) is 0 Å². The maximum absolute atomic E-state index is 12.6. The number of ether oxygens (including phenoxy) is 2. The van der Waals surface area contributed by atoms with Gasteiger partial charge in [0.25, 0.3) is 0 Å². The Morgan fingerprint density at radius 1 is 1.30 bits per heavy atom. The van der Waals surface area contributed by atoms with Crippen LogP contribution < -0.4 is 10.6 Å². The molecule has 130 valence electrons. The molecule has 0 aliphatic rings. The van der Waals surface area contributed by atoms with Crippen LogP contribution in [0.2, 0.25) is 5.02 Å². The molecule has 0 radical (unpaired) electrons. The van der Waals surface area contributed by atoms with E-state index in [4.69, 9.17) is 21.1 Å². The Labute approximate surface area is 137 Å². The van der Waals surface area contributed by atoms with Gasteiger partial charge < -0.3 is 20.1 Å². The first-order valence-electron chi connectivity index (χ1n) is 6.65. The third kappa shape index (κ3) is 5.89. The van der Waals surface area contributed by atoms with E-state index in [2.05, 4.69) is 10.6 Å².